The number of rotatable bonds is 4. The highest BCUT2D eigenvalue weighted by Gasteiger charge is 2.42. The van der Waals surface area contributed by atoms with Gasteiger partial charge in [-0.05, 0) is 31.7 Å². The molecular weight excluding hydrogens is 340 g/mol. The lowest BCUT2D eigenvalue weighted by Gasteiger charge is -2.39. The fourth-order valence-corrected chi connectivity index (χ4v) is 4.79. The molecule has 0 radical (unpaired) electrons. The zero-order chi connectivity index (χ0) is 18.4. The van der Waals surface area contributed by atoms with Gasteiger partial charge in [0.15, 0.2) is 0 Å². The van der Waals surface area contributed by atoms with E-state index in [4.69, 9.17) is 5.73 Å². The van der Waals surface area contributed by atoms with Crippen molar-refractivity contribution in [3.8, 4) is 0 Å². The first-order chi connectivity index (χ1) is 13.2. The standard InChI is InChI=1S/C20H22N6O/c21-19(27)16-11-24-17-4-1-3-15(17)18(16)25-12-9-13-5-6-14(10-12)26(13)20-22-7-2-8-23-20/h1-3,7-8,11-14H,4-6,9-10H2,(H2,21,27)(H,24,25)/t12?,13-,14+. The fraction of sp³-hybridized carbons (Fsp3) is 0.400. The van der Waals surface area contributed by atoms with E-state index in [0.717, 1.165) is 55.0 Å². The Morgan fingerprint density at radius 1 is 1.15 bits per heavy atom. The third-order valence-corrected chi connectivity index (χ3v) is 5.92. The highest BCUT2D eigenvalue weighted by atomic mass is 16.1. The summed E-state index contributed by atoms with van der Waals surface area (Å²) in [6, 6.07) is 2.99. The first-order valence-corrected chi connectivity index (χ1v) is 9.51. The number of nitrogens with two attached hydrogens (primary N) is 1. The Morgan fingerprint density at radius 3 is 2.59 bits per heavy atom. The predicted molar refractivity (Wildman–Crippen MR) is 103 cm³/mol. The van der Waals surface area contributed by atoms with E-state index in [9.17, 15) is 4.79 Å². The molecule has 2 bridgehead atoms. The van der Waals surface area contributed by atoms with Gasteiger partial charge in [-0.2, -0.15) is 0 Å². The molecule has 2 aliphatic heterocycles. The number of fused-ring (bicyclic) bond motifs is 3. The number of piperidine rings is 1. The van der Waals surface area contributed by atoms with Gasteiger partial charge in [-0.15, -0.1) is 0 Å². The summed E-state index contributed by atoms with van der Waals surface area (Å²) in [4.78, 5) is 27.6. The van der Waals surface area contributed by atoms with E-state index in [2.05, 4.69) is 31.2 Å². The molecule has 2 saturated heterocycles. The maximum absolute atomic E-state index is 11.9. The van der Waals surface area contributed by atoms with Crippen LogP contribution in [0.1, 0.15) is 47.3 Å². The number of pyridine rings is 1. The Bertz CT molecular complexity index is 898. The van der Waals surface area contributed by atoms with Gasteiger partial charge < -0.3 is 16.0 Å². The number of carbonyl (C=O) groups is 1. The van der Waals surface area contributed by atoms with Crippen molar-refractivity contribution in [1.29, 1.82) is 0 Å². The van der Waals surface area contributed by atoms with Gasteiger partial charge in [-0.25, -0.2) is 9.97 Å². The second kappa shape index (κ2) is 6.33. The molecule has 0 spiro atoms. The smallest absolute Gasteiger partial charge is 0.252 e. The summed E-state index contributed by atoms with van der Waals surface area (Å²) in [5.41, 5.74) is 8.93. The minimum absolute atomic E-state index is 0.293. The topological polar surface area (TPSA) is 97.0 Å². The first kappa shape index (κ1) is 16.2. The number of hydrogen-bond donors (Lipinski definition) is 2. The van der Waals surface area contributed by atoms with Crippen LogP contribution in [0.5, 0.6) is 0 Å². The minimum Gasteiger partial charge on any atom is -0.381 e. The van der Waals surface area contributed by atoms with Crippen LogP contribution in [0.15, 0.2) is 30.7 Å². The lowest BCUT2D eigenvalue weighted by atomic mass is 9.96. The molecule has 2 fully saturated rings. The van der Waals surface area contributed by atoms with Gasteiger partial charge in [0, 0.05) is 48.7 Å². The molecule has 0 saturated carbocycles. The summed E-state index contributed by atoms with van der Waals surface area (Å²) in [5.74, 6) is 0.389. The van der Waals surface area contributed by atoms with E-state index in [1.54, 1.807) is 18.6 Å². The van der Waals surface area contributed by atoms with Gasteiger partial charge >= 0.3 is 0 Å². The number of nitrogens with one attached hydrogen (secondary N) is 1. The summed E-state index contributed by atoms with van der Waals surface area (Å²) in [6.07, 6.45) is 14.4. The molecule has 1 unspecified atom stereocenters. The Balaban J connectivity index is 1.41. The van der Waals surface area contributed by atoms with Crippen LogP contribution in [0, 0.1) is 0 Å². The van der Waals surface area contributed by atoms with E-state index in [-0.39, 0.29) is 0 Å². The van der Waals surface area contributed by atoms with Crippen LogP contribution in [0.2, 0.25) is 0 Å². The molecule has 138 valence electrons. The van der Waals surface area contributed by atoms with Crippen LogP contribution in [-0.4, -0.2) is 39.0 Å². The quantitative estimate of drug-likeness (QED) is 0.865. The molecular formula is C20H22N6O. The predicted octanol–water partition coefficient (Wildman–Crippen LogP) is 2.15. The molecule has 5 rings (SSSR count). The number of amides is 1. The highest BCUT2D eigenvalue weighted by molar-refractivity contribution is 6.00. The molecule has 2 aromatic heterocycles. The Labute approximate surface area is 157 Å². The van der Waals surface area contributed by atoms with Gasteiger partial charge in [-0.1, -0.05) is 12.2 Å². The maximum atomic E-state index is 11.9. The summed E-state index contributed by atoms with van der Waals surface area (Å²) >= 11 is 0. The summed E-state index contributed by atoms with van der Waals surface area (Å²) in [6.45, 7) is 0. The zero-order valence-corrected chi connectivity index (χ0v) is 15.0. The second-order valence-electron chi connectivity index (χ2n) is 7.53. The van der Waals surface area contributed by atoms with Gasteiger partial charge in [0.1, 0.15) is 0 Å². The third kappa shape index (κ3) is 2.74. The van der Waals surface area contributed by atoms with E-state index >= 15 is 0 Å². The van der Waals surface area contributed by atoms with Crippen LogP contribution in [0.4, 0.5) is 11.6 Å². The average Bonchev–Trinajstić information content (AvgIpc) is 3.25. The van der Waals surface area contributed by atoms with Gasteiger partial charge in [0.05, 0.1) is 16.9 Å². The monoisotopic (exact) mass is 362 g/mol. The minimum atomic E-state index is -0.439. The van der Waals surface area contributed by atoms with Crippen LogP contribution >= 0.6 is 0 Å². The lowest BCUT2D eigenvalue weighted by molar-refractivity contribution is 0.100. The Hall–Kier alpha value is -2.96. The molecule has 0 aromatic carbocycles. The molecule has 3 aliphatic rings. The van der Waals surface area contributed by atoms with E-state index in [1.165, 1.54) is 0 Å². The second-order valence-corrected chi connectivity index (χ2v) is 7.53. The maximum Gasteiger partial charge on any atom is 0.252 e. The van der Waals surface area contributed by atoms with Crippen molar-refractivity contribution in [3.05, 3.63) is 47.6 Å². The van der Waals surface area contributed by atoms with Crippen LogP contribution in [0.3, 0.4) is 0 Å². The number of primary amides is 1. The van der Waals surface area contributed by atoms with Crippen molar-refractivity contribution in [2.75, 3.05) is 10.2 Å². The van der Waals surface area contributed by atoms with Gasteiger partial charge in [0.25, 0.3) is 5.91 Å². The molecule has 4 heterocycles. The van der Waals surface area contributed by atoms with Gasteiger partial charge in [-0.3, -0.25) is 9.78 Å². The average molecular weight is 362 g/mol. The van der Waals surface area contributed by atoms with Crippen molar-refractivity contribution in [1.82, 2.24) is 15.0 Å². The number of anilines is 2. The first-order valence-electron chi connectivity index (χ1n) is 9.51. The summed E-state index contributed by atoms with van der Waals surface area (Å²) in [7, 11) is 0. The van der Waals surface area contributed by atoms with Crippen LogP contribution < -0.4 is 16.0 Å². The van der Waals surface area contributed by atoms with Gasteiger partial charge in [0.2, 0.25) is 5.95 Å². The normalized spacial score (nSPS) is 25.5. The fourth-order valence-electron chi connectivity index (χ4n) is 4.79. The number of allylic oxidation sites excluding steroid dienone is 1. The molecule has 1 aliphatic carbocycles. The third-order valence-electron chi connectivity index (χ3n) is 5.92. The Kier molecular flexibility index (Phi) is 3.81. The van der Waals surface area contributed by atoms with Crippen molar-refractivity contribution in [2.45, 2.75) is 50.2 Å². The molecule has 2 aromatic rings. The number of hydrogen-bond acceptors (Lipinski definition) is 6. The number of aromatic nitrogens is 3. The number of nitrogens with zero attached hydrogens (tertiary/aromatic N) is 4. The van der Waals surface area contributed by atoms with Crippen molar-refractivity contribution < 1.29 is 4.79 Å². The van der Waals surface area contributed by atoms with Crippen LogP contribution in [0.25, 0.3) is 6.08 Å². The Morgan fingerprint density at radius 2 is 1.89 bits per heavy atom. The van der Waals surface area contributed by atoms with Crippen molar-refractivity contribution >= 4 is 23.6 Å². The summed E-state index contributed by atoms with van der Waals surface area (Å²) in [5, 5.41) is 3.64. The van der Waals surface area contributed by atoms with E-state index in [1.807, 2.05) is 12.1 Å². The number of carbonyl (C=O) groups excluding carboxylic acids is 1. The highest BCUT2D eigenvalue weighted by Crippen LogP contribution is 2.40. The van der Waals surface area contributed by atoms with Crippen molar-refractivity contribution in [3.63, 3.8) is 0 Å². The molecule has 27 heavy (non-hydrogen) atoms. The van der Waals surface area contributed by atoms with E-state index in [0.29, 0.717) is 23.7 Å². The molecule has 7 heteroatoms. The lowest BCUT2D eigenvalue weighted by Crippen LogP contribution is -2.48. The molecule has 3 atom stereocenters. The molecule has 3 N–H and O–H groups in total. The van der Waals surface area contributed by atoms with Crippen LogP contribution in [-0.2, 0) is 6.42 Å². The molecule has 1 amide bonds. The van der Waals surface area contributed by atoms with Crippen molar-refractivity contribution in [2.24, 2.45) is 5.73 Å². The van der Waals surface area contributed by atoms with E-state index < -0.39 is 5.91 Å². The zero-order valence-electron chi connectivity index (χ0n) is 15.0. The SMILES string of the molecule is NC(=O)c1cnc2c(c1NC1C[C@H]3CC[C@@H](C1)N3c1ncccn1)C=CC2. The largest absolute Gasteiger partial charge is 0.381 e. The molecule has 7 nitrogen and oxygen atoms in total. The summed E-state index contributed by atoms with van der Waals surface area (Å²) < 4.78 is 0.